The third-order valence-corrected chi connectivity index (χ3v) is 4.63. The van der Waals surface area contributed by atoms with Crippen LogP contribution in [-0.2, 0) is 20.7 Å². The van der Waals surface area contributed by atoms with Gasteiger partial charge in [-0.3, -0.25) is 4.79 Å². The van der Waals surface area contributed by atoms with E-state index in [9.17, 15) is 15.2 Å². The van der Waals surface area contributed by atoms with Crippen molar-refractivity contribution in [3.8, 4) is 6.07 Å². The number of rotatable bonds is 6. The van der Waals surface area contributed by atoms with Gasteiger partial charge in [0.15, 0.2) is 6.29 Å². The second-order valence-electron chi connectivity index (χ2n) is 6.62. The molecule has 1 aliphatic heterocycles. The molecule has 1 fully saturated rings. The van der Waals surface area contributed by atoms with Crippen LogP contribution in [0.3, 0.4) is 0 Å². The van der Waals surface area contributed by atoms with E-state index in [1.54, 1.807) is 13.0 Å². The van der Waals surface area contributed by atoms with Gasteiger partial charge < -0.3 is 19.9 Å². The molecule has 1 aromatic carbocycles. The third-order valence-electron chi connectivity index (χ3n) is 4.63. The van der Waals surface area contributed by atoms with E-state index in [1.165, 1.54) is 0 Å². The molecule has 1 aromatic heterocycles. The van der Waals surface area contributed by atoms with Gasteiger partial charge in [0.2, 0.25) is 0 Å². The fourth-order valence-electron chi connectivity index (χ4n) is 3.33. The van der Waals surface area contributed by atoms with Gasteiger partial charge >= 0.3 is 5.97 Å². The average molecular weight is 382 g/mol. The number of aryl methyl sites for hydroxylation is 1. The molecule has 8 heteroatoms. The molecule has 0 bridgehead atoms. The van der Waals surface area contributed by atoms with E-state index in [2.05, 4.69) is 21.4 Å². The van der Waals surface area contributed by atoms with Crippen molar-refractivity contribution >= 4 is 11.8 Å². The van der Waals surface area contributed by atoms with Gasteiger partial charge in [0.05, 0.1) is 48.6 Å². The quantitative estimate of drug-likeness (QED) is 0.783. The normalized spacial score (nSPS) is 15.2. The molecule has 1 aliphatic rings. The van der Waals surface area contributed by atoms with E-state index in [4.69, 9.17) is 9.47 Å². The molecule has 146 valence electrons. The molecule has 0 saturated carbocycles. The van der Waals surface area contributed by atoms with Crippen LogP contribution in [0.4, 0.5) is 5.82 Å². The Morgan fingerprint density at radius 1 is 1.36 bits per heavy atom. The van der Waals surface area contributed by atoms with E-state index >= 15 is 0 Å². The number of nitriles is 1. The summed E-state index contributed by atoms with van der Waals surface area (Å²) in [6.07, 6.45) is -0.968. The highest BCUT2D eigenvalue weighted by atomic mass is 16.7. The zero-order valence-electron chi connectivity index (χ0n) is 16.0. The molecule has 3 rings (SSSR count). The molecule has 0 aliphatic carbocycles. The van der Waals surface area contributed by atoms with E-state index < -0.39 is 12.3 Å². The van der Waals surface area contributed by atoms with Crippen molar-refractivity contribution < 1.29 is 19.4 Å². The lowest BCUT2D eigenvalue weighted by Gasteiger charge is -2.23. The Bertz CT molecular complexity index is 933. The average Bonchev–Trinajstić information content (AvgIpc) is 3.15. The first-order valence-electron chi connectivity index (χ1n) is 8.99. The first-order valence-corrected chi connectivity index (χ1v) is 8.99. The number of carbonyl (C=O) groups is 1. The first kappa shape index (κ1) is 19.7. The lowest BCUT2D eigenvalue weighted by molar-refractivity contribution is -0.136. The highest BCUT2D eigenvalue weighted by molar-refractivity contribution is 5.71. The fourth-order valence-corrected chi connectivity index (χ4v) is 3.33. The summed E-state index contributed by atoms with van der Waals surface area (Å²) in [6, 6.07) is 7.57. The highest BCUT2D eigenvalue weighted by Crippen LogP contribution is 2.33. The predicted molar refractivity (Wildman–Crippen MR) is 101 cm³/mol. The Hall–Kier alpha value is -3.02. The van der Waals surface area contributed by atoms with Crippen molar-refractivity contribution in [2.45, 2.75) is 39.5 Å². The Morgan fingerprint density at radius 2 is 2.07 bits per heavy atom. The number of nitrogens with one attached hydrogen (secondary N) is 1. The van der Waals surface area contributed by atoms with E-state index in [0.29, 0.717) is 41.7 Å². The van der Waals surface area contributed by atoms with Crippen LogP contribution in [0, 0.1) is 25.2 Å². The van der Waals surface area contributed by atoms with Crippen LogP contribution in [0.25, 0.3) is 0 Å². The number of aliphatic carboxylic acids is 1. The lowest BCUT2D eigenvalue weighted by atomic mass is 9.98. The number of hydrogen-bond acceptors (Lipinski definition) is 7. The Labute approximate surface area is 163 Å². The van der Waals surface area contributed by atoms with Gasteiger partial charge in [-0.1, -0.05) is 12.1 Å². The van der Waals surface area contributed by atoms with Crippen molar-refractivity contribution in [2.75, 3.05) is 18.5 Å². The van der Waals surface area contributed by atoms with Gasteiger partial charge in [0.25, 0.3) is 0 Å². The SMILES string of the molecule is Cc1nc(CC(=O)O)c(C2OCCO2)c(NC(C)c2cccc(C#N)c2C)n1. The molecule has 2 N–H and O–H groups in total. The van der Waals surface area contributed by atoms with Crippen LogP contribution in [0.1, 0.15) is 53.0 Å². The smallest absolute Gasteiger partial charge is 0.309 e. The largest absolute Gasteiger partial charge is 0.481 e. The lowest BCUT2D eigenvalue weighted by Crippen LogP contribution is -2.18. The summed E-state index contributed by atoms with van der Waals surface area (Å²) in [5.41, 5.74) is 3.32. The van der Waals surface area contributed by atoms with E-state index in [-0.39, 0.29) is 12.5 Å². The minimum absolute atomic E-state index is 0.180. The molecule has 28 heavy (non-hydrogen) atoms. The summed E-state index contributed by atoms with van der Waals surface area (Å²) in [6.45, 7) is 6.41. The number of nitrogens with zero attached hydrogens (tertiary/aromatic N) is 3. The summed E-state index contributed by atoms with van der Waals surface area (Å²) in [5.74, 6) is -0.0611. The zero-order chi connectivity index (χ0) is 20.3. The molecular weight excluding hydrogens is 360 g/mol. The van der Waals surface area contributed by atoms with E-state index in [1.807, 2.05) is 26.0 Å². The second kappa shape index (κ2) is 8.33. The van der Waals surface area contributed by atoms with Gasteiger partial charge in [-0.2, -0.15) is 5.26 Å². The fraction of sp³-hybridized carbons (Fsp3) is 0.400. The molecule has 0 radical (unpaired) electrons. The summed E-state index contributed by atoms with van der Waals surface area (Å²) < 4.78 is 11.2. The molecule has 1 unspecified atom stereocenters. The summed E-state index contributed by atoms with van der Waals surface area (Å²) in [7, 11) is 0. The molecule has 0 spiro atoms. The van der Waals surface area contributed by atoms with Crippen molar-refractivity contribution in [2.24, 2.45) is 0 Å². The highest BCUT2D eigenvalue weighted by Gasteiger charge is 2.29. The number of benzene rings is 1. The van der Waals surface area contributed by atoms with Crippen molar-refractivity contribution in [1.29, 1.82) is 5.26 Å². The monoisotopic (exact) mass is 382 g/mol. The van der Waals surface area contributed by atoms with Crippen LogP contribution in [0.5, 0.6) is 0 Å². The number of carboxylic acid groups (broad SMARTS) is 1. The maximum atomic E-state index is 11.3. The van der Waals surface area contributed by atoms with Crippen LogP contribution < -0.4 is 5.32 Å². The van der Waals surface area contributed by atoms with Crippen LogP contribution in [0.15, 0.2) is 18.2 Å². The maximum absolute atomic E-state index is 11.3. The van der Waals surface area contributed by atoms with Crippen molar-refractivity contribution in [3.05, 3.63) is 52.0 Å². The Morgan fingerprint density at radius 3 is 2.71 bits per heavy atom. The Balaban J connectivity index is 2.02. The summed E-state index contributed by atoms with van der Waals surface area (Å²) >= 11 is 0. The molecule has 0 amide bonds. The number of hydrogen-bond donors (Lipinski definition) is 2. The molecule has 1 saturated heterocycles. The van der Waals surface area contributed by atoms with Gasteiger partial charge in [-0.15, -0.1) is 0 Å². The third kappa shape index (κ3) is 4.11. The zero-order valence-corrected chi connectivity index (χ0v) is 16.0. The number of aromatic nitrogens is 2. The standard InChI is InChI=1S/C20H22N4O4/c1-11-14(10-21)5-4-6-15(11)12(2)22-19-18(20-27-7-8-28-20)16(9-17(25)26)23-13(3)24-19/h4-6,12,20H,7-9H2,1-3H3,(H,25,26)(H,22,23,24). The summed E-state index contributed by atoms with van der Waals surface area (Å²) in [5, 5.41) is 21.9. The van der Waals surface area contributed by atoms with Gasteiger partial charge in [0, 0.05) is 0 Å². The first-order chi connectivity index (χ1) is 13.4. The number of carboxylic acids is 1. The van der Waals surface area contributed by atoms with Gasteiger partial charge in [-0.25, -0.2) is 9.97 Å². The predicted octanol–water partition coefficient (Wildman–Crippen LogP) is 2.81. The molecule has 2 heterocycles. The van der Waals surface area contributed by atoms with Crippen LogP contribution >= 0.6 is 0 Å². The minimum atomic E-state index is -0.992. The molecule has 2 aromatic rings. The molecule has 8 nitrogen and oxygen atoms in total. The Kier molecular flexibility index (Phi) is 5.87. The van der Waals surface area contributed by atoms with Crippen LogP contribution in [0.2, 0.25) is 0 Å². The molecular formula is C20H22N4O4. The second-order valence-corrected chi connectivity index (χ2v) is 6.62. The van der Waals surface area contributed by atoms with E-state index in [0.717, 1.165) is 11.1 Å². The van der Waals surface area contributed by atoms with Crippen LogP contribution in [-0.4, -0.2) is 34.3 Å². The van der Waals surface area contributed by atoms with Crippen molar-refractivity contribution in [1.82, 2.24) is 9.97 Å². The minimum Gasteiger partial charge on any atom is -0.481 e. The number of anilines is 1. The van der Waals surface area contributed by atoms with Gasteiger partial charge in [-0.05, 0) is 38.0 Å². The summed E-state index contributed by atoms with van der Waals surface area (Å²) in [4.78, 5) is 20.1. The maximum Gasteiger partial charge on any atom is 0.309 e. The topological polar surface area (TPSA) is 117 Å². The van der Waals surface area contributed by atoms with Gasteiger partial charge in [0.1, 0.15) is 11.6 Å². The number of ether oxygens (including phenoxy) is 2. The molecule has 1 atom stereocenters. The van der Waals surface area contributed by atoms with Crippen molar-refractivity contribution in [3.63, 3.8) is 0 Å².